The molecule has 1 aromatic rings. The Bertz CT molecular complexity index is 277. The monoisotopic (exact) mass is 233 g/mol. The first-order valence-corrected chi connectivity index (χ1v) is 4.27. The highest BCUT2D eigenvalue weighted by Gasteiger charge is 2.03. The second-order valence-electron chi connectivity index (χ2n) is 1.92. The maximum Gasteiger partial charge on any atom is 0.177 e. The second-order valence-corrected chi connectivity index (χ2v) is 3.00. The lowest BCUT2D eigenvalue weighted by atomic mass is 10.2. The maximum absolute atomic E-state index is 11.0. The van der Waals surface area contributed by atoms with Crippen molar-refractivity contribution in [3.8, 4) is 0 Å². The van der Waals surface area contributed by atoms with E-state index in [1.165, 1.54) is 0 Å². The molecule has 4 heteroatoms. The van der Waals surface area contributed by atoms with E-state index >= 15 is 0 Å². The number of hydrogen-bond acceptors (Lipinski definition) is 2. The van der Waals surface area contributed by atoms with E-state index in [0.29, 0.717) is 10.2 Å². The van der Waals surface area contributed by atoms with Gasteiger partial charge in [-0.2, -0.15) is 0 Å². The van der Waals surface area contributed by atoms with Crippen LogP contribution in [0.4, 0.5) is 0 Å². The molecule has 0 atom stereocenters. The first-order chi connectivity index (χ1) is 5.24. The SMILES string of the molecule is O=C(CCl)c1ccnc(Br)c1. The lowest BCUT2D eigenvalue weighted by Crippen LogP contribution is -1.99. The van der Waals surface area contributed by atoms with Crippen molar-refractivity contribution < 1.29 is 4.79 Å². The van der Waals surface area contributed by atoms with E-state index in [1.807, 2.05) is 0 Å². The smallest absolute Gasteiger partial charge is 0.177 e. The first-order valence-electron chi connectivity index (χ1n) is 2.95. The number of ketones is 1. The molecule has 58 valence electrons. The van der Waals surface area contributed by atoms with Crippen LogP contribution in [0.2, 0.25) is 0 Å². The van der Waals surface area contributed by atoms with E-state index in [1.54, 1.807) is 18.3 Å². The van der Waals surface area contributed by atoms with Gasteiger partial charge in [-0.05, 0) is 28.1 Å². The van der Waals surface area contributed by atoms with Gasteiger partial charge in [0.15, 0.2) is 5.78 Å². The summed E-state index contributed by atoms with van der Waals surface area (Å²) in [7, 11) is 0. The summed E-state index contributed by atoms with van der Waals surface area (Å²) < 4.78 is 0.647. The van der Waals surface area contributed by atoms with Gasteiger partial charge in [0.25, 0.3) is 0 Å². The molecule has 0 aliphatic rings. The van der Waals surface area contributed by atoms with Gasteiger partial charge < -0.3 is 0 Å². The van der Waals surface area contributed by atoms with Crippen LogP contribution in [0.1, 0.15) is 10.4 Å². The third-order valence-electron chi connectivity index (χ3n) is 1.17. The highest BCUT2D eigenvalue weighted by atomic mass is 79.9. The van der Waals surface area contributed by atoms with Gasteiger partial charge in [0.05, 0.1) is 5.88 Å². The zero-order valence-electron chi connectivity index (χ0n) is 5.55. The fraction of sp³-hybridized carbons (Fsp3) is 0.143. The van der Waals surface area contributed by atoms with Gasteiger partial charge in [-0.15, -0.1) is 11.6 Å². The Labute approximate surface area is 77.7 Å². The number of pyridine rings is 1. The molecule has 0 saturated carbocycles. The summed E-state index contributed by atoms with van der Waals surface area (Å²) in [6.07, 6.45) is 1.56. The Kier molecular flexibility index (Phi) is 3.02. The summed E-state index contributed by atoms with van der Waals surface area (Å²) >= 11 is 8.51. The van der Waals surface area contributed by atoms with Gasteiger partial charge >= 0.3 is 0 Å². The highest BCUT2D eigenvalue weighted by Crippen LogP contribution is 2.08. The van der Waals surface area contributed by atoms with Gasteiger partial charge in [-0.25, -0.2) is 4.98 Å². The molecule has 0 fully saturated rings. The Morgan fingerprint density at radius 3 is 3.00 bits per heavy atom. The van der Waals surface area contributed by atoms with Gasteiger partial charge in [-0.1, -0.05) is 0 Å². The zero-order chi connectivity index (χ0) is 8.27. The Hall–Kier alpha value is -0.410. The summed E-state index contributed by atoms with van der Waals surface area (Å²) in [5.41, 5.74) is 0.585. The van der Waals surface area contributed by atoms with Crippen molar-refractivity contribution in [2.45, 2.75) is 0 Å². The van der Waals surface area contributed by atoms with Crippen molar-refractivity contribution in [3.63, 3.8) is 0 Å². The molecule has 0 aliphatic carbocycles. The molecule has 0 amide bonds. The van der Waals surface area contributed by atoms with Gasteiger partial charge in [0, 0.05) is 11.8 Å². The topological polar surface area (TPSA) is 30.0 Å². The second kappa shape index (κ2) is 3.83. The van der Waals surface area contributed by atoms with Crippen molar-refractivity contribution in [2.24, 2.45) is 0 Å². The summed E-state index contributed by atoms with van der Waals surface area (Å²) in [5, 5.41) is 0. The molecule has 11 heavy (non-hydrogen) atoms. The number of halogens is 2. The van der Waals surface area contributed by atoms with Crippen LogP contribution in [0.5, 0.6) is 0 Å². The third-order valence-corrected chi connectivity index (χ3v) is 1.85. The van der Waals surface area contributed by atoms with Gasteiger partial charge in [0.1, 0.15) is 4.60 Å². The van der Waals surface area contributed by atoms with E-state index in [2.05, 4.69) is 20.9 Å². The van der Waals surface area contributed by atoms with Crippen molar-refractivity contribution in [2.75, 3.05) is 5.88 Å². The minimum Gasteiger partial charge on any atom is -0.293 e. The molecule has 1 heterocycles. The fourth-order valence-electron chi connectivity index (χ4n) is 0.653. The van der Waals surface area contributed by atoms with Crippen LogP contribution < -0.4 is 0 Å². The molecule has 2 nitrogen and oxygen atoms in total. The van der Waals surface area contributed by atoms with Crippen molar-refractivity contribution in [1.29, 1.82) is 0 Å². The van der Waals surface area contributed by atoms with Crippen LogP contribution in [-0.2, 0) is 0 Å². The fourth-order valence-corrected chi connectivity index (χ4v) is 1.17. The molecular formula is C7H5BrClNO. The molecular weight excluding hydrogens is 229 g/mol. The van der Waals surface area contributed by atoms with E-state index < -0.39 is 0 Å². The summed E-state index contributed by atoms with van der Waals surface area (Å²) in [4.78, 5) is 14.9. The minimum atomic E-state index is -0.0882. The maximum atomic E-state index is 11.0. The average molecular weight is 234 g/mol. The molecule has 0 aromatic carbocycles. The van der Waals surface area contributed by atoms with Gasteiger partial charge in [-0.3, -0.25) is 4.79 Å². The number of nitrogens with zero attached hydrogens (tertiary/aromatic N) is 1. The van der Waals surface area contributed by atoms with Crippen LogP contribution in [-0.4, -0.2) is 16.6 Å². The van der Waals surface area contributed by atoms with E-state index in [9.17, 15) is 4.79 Å². The lowest BCUT2D eigenvalue weighted by Gasteiger charge is -1.95. The van der Waals surface area contributed by atoms with Crippen LogP contribution in [0.15, 0.2) is 22.9 Å². The average Bonchev–Trinajstić information content (AvgIpc) is 2.03. The number of Topliss-reactive ketones (excluding diaryl/α,β-unsaturated/α-hetero) is 1. The molecule has 0 radical (unpaired) electrons. The van der Waals surface area contributed by atoms with Gasteiger partial charge in [0.2, 0.25) is 0 Å². The summed E-state index contributed by atoms with van der Waals surface area (Å²) in [6.45, 7) is 0. The molecule has 1 rings (SSSR count). The zero-order valence-corrected chi connectivity index (χ0v) is 7.89. The summed E-state index contributed by atoms with van der Waals surface area (Å²) in [5.74, 6) is -0.0778. The molecule has 0 bridgehead atoms. The quantitative estimate of drug-likeness (QED) is 0.446. The molecule has 0 spiro atoms. The van der Waals surface area contributed by atoms with Crippen molar-refractivity contribution in [3.05, 3.63) is 28.5 Å². The number of aromatic nitrogens is 1. The van der Waals surface area contributed by atoms with Crippen LogP contribution in [0.3, 0.4) is 0 Å². The first kappa shape index (κ1) is 8.68. The highest BCUT2D eigenvalue weighted by molar-refractivity contribution is 9.10. The van der Waals surface area contributed by atoms with E-state index in [0.717, 1.165) is 0 Å². The predicted molar refractivity (Wildman–Crippen MR) is 47.0 cm³/mol. The van der Waals surface area contributed by atoms with Crippen LogP contribution in [0, 0.1) is 0 Å². The Morgan fingerprint density at radius 2 is 2.45 bits per heavy atom. The largest absolute Gasteiger partial charge is 0.293 e. The van der Waals surface area contributed by atoms with Crippen LogP contribution >= 0.6 is 27.5 Å². The standard InChI is InChI=1S/C7H5BrClNO/c8-7-3-5(1-2-10-7)6(11)4-9/h1-3H,4H2. The molecule has 0 aliphatic heterocycles. The number of alkyl halides is 1. The lowest BCUT2D eigenvalue weighted by molar-refractivity contribution is 0.102. The van der Waals surface area contributed by atoms with E-state index in [-0.39, 0.29) is 11.7 Å². The molecule has 0 N–H and O–H groups in total. The predicted octanol–water partition coefficient (Wildman–Crippen LogP) is 2.27. The van der Waals surface area contributed by atoms with E-state index in [4.69, 9.17) is 11.6 Å². The Balaban J connectivity index is 2.96. The number of hydrogen-bond donors (Lipinski definition) is 0. The number of rotatable bonds is 2. The minimum absolute atomic E-state index is 0.0104. The molecule has 1 aromatic heterocycles. The van der Waals surface area contributed by atoms with Crippen molar-refractivity contribution >= 4 is 33.3 Å². The molecule has 0 unspecified atom stereocenters. The summed E-state index contributed by atoms with van der Waals surface area (Å²) in [6, 6.07) is 3.28. The number of carbonyl (C=O) groups excluding carboxylic acids is 1. The Morgan fingerprint density at radius 1 is 1.73 bits per heavy atom. The van der Waals surface area contributed by atoms with Crippen LogP contribution in [0.25, 0.3) is 0 Å². The number of carbonyl (C=O) groups is 1. The van der Waals surface area contributed by atoms with Crippen molar-refractivity contribution in [1.82, 2.24) is 4.98 Å². The third kappa shape index (κ3) is 2.27. The normalized spacial score (nSPS) is 9.64. The molecule has 0 saturated heterocycles.